The Morgan fingerprint density at radius 1 is 1.16 bits per heavy atom. The molecule has 2 rings (SSSR count). The highest BCUT2D eigenvalue weighted by Crippen LogP contribution is 2.19. The third kappa shape index (κ3) is 6.11. The summed E-state index contributed by atoms with van der Waals surface area (Å²) in [5.41, 5.74) is 6.98. The van der Waals surface area contributed by atoms with Crippen molar-refractivity contribution in [1.82, 2.24) is 5.32 Å². The second-order valence-electron chi connectivity index (χ2n) is 5.43. The molecular formula is C18H20FN3O2S. The maximum Gasteiger partial charge on any atom is 0.319 e. The van der Waals surface area contributed by atoms with Crippen molar-refractivity contribution in [2.24, 2.45) is 5.73 Å². The molecule has 0 saturated heterocycles. The summed E-state index contributed by atoms with van der Waals surface area (Å²) in [7, 11) is 0. The van der Waals surface area contributed by atoms with Crippen molar-refractivity contribution in [1.29, 1.82) is 0 Å². The van der Waals surface area contributed by atoms with Gasteiger partial charge in [-0.05, 0) is 61.1 Å². The van der Waals surface area contributed by atoms with Gasteiger partial charge in [-0.3, -0.25) is 4.79 Å². The van der Waals surface area contributed by atoms with E-state index in [1.807, 2.05) is 6.92 Å². The molecule has 2 aromatic rings. The molecule has 2 aromatic carbocycles. The summed E-state index contributed by atoms with van der Waals surface area (Å²) in [4.78, 5) is 24.1. The number of primary amides is 1. The van der Waals surface area contributed by atoms with E-state index >= 15 is 0 Å². The van der Waals surface area contributed by atoms with Crippen molar-refractivity contribution in [3.05, 3.63) is 59.4 Å². The van der Waals surface area contributed by atoms with Crippen molar-refractivity contribution in [3.8, 4) is 0 Å². The number of hydrogen-bond acceptors (Lipinski definition) is 3. The van der Waals surface area contributed by atoms with Gasteiger partial charge in [-0.25, -0.2) is 9.18 Å². The summed E-state index contributed by atoms with van der Waals surface area (Å²) in [6.07, 6.45) is 0.774. The molecule has 5 nitrogen and oxygen atoms in total. The fraction of sp³-hybridized carbons (Fsp3) is 0.222. The van der Waals surface area contributed by atoms with Crippen LogP contribution in [0.3, 0.4) is 0 Å². The van der Waals surface area contributed by atoms with Crippen molar-refractivity contribution in [2.45, 2.75) is 18.2 Å². The smallest absolute Gasteiger partial charge is 0.319 e. The molecule has 7 heteroatoms. The third-order valence-electron chi connectivity index (χ3n) is 3.46. The zero-order valence-corrected chi connectivity index (χ0v) is 14.7. The number of carbonyl (C=O) groups is 2. The van der Waals surface area contributed by atoms with Crippen molar-refractivity contribution in [2.75, 3.05) is 17.6 Å². The lowest BCUT2D eigenvalue weighted by atomic mass is 10.1. The molecule has 0 aliphatic heterocycles. The molecule has 0 fully saturated rings. The lowest BCUT2D eigenvalue weighted by Crippen LogP contribution is -2.30. The lowest BCUT2D eigenvalue weighted by molar-refractivity contribution is 0.1000. The van der Waals surface area contributed by atoms with E-state index in [-0.39, 0.29) is 11.8 Å². The first-order chi connectivity index (χ1) is 12.0. The van der Waals surface area contributed by atoms with Crippen molar-refractivity contribution < 1.29 is 14.0 Å². The van der Waals surface area contributed by atoms with Crippen LogP contribution in [-0.2, 0) is 0 Å². The minimum Gasteiger partial charge on any atom is -0.366 e. The highest BCUT2D eigenvalue weighted by molar-refractivity contribution is 7.99. The maximum atomic E-state index is 12.8. The van der Waals surface area contributed by atoms with E-state index in [4.69, 9.17) is 5.73 Å². The van der Waals surface area contributed by atoms with Gasteiger partial charge in [-0.15, -0.1) is 11.8 Å². The van der Waals surface area contributed by atoms with Gasteiger partial charge < -0.3 is 16.4 Å². The lowest BCUT2D eigenvalue weighted by Gasteiger charge is -2.11. The number of thioether (sulfide) groups is 1. The average molecular weight is 361 g/mol. The van der Waals surface area contributed by atoms with Crippen LogP contribution < -0.4 is 16.4 Å². The largest absolute Gasteiger partial charge is 0.366 e. The number of nitrogens with one attached hydrogen (secondary N) is 2. The molecule has 0 aromatic heterocycles. The van der Waals surface area contributed by atoms with E-state index in [9.17, 15) is 14.0 Å². The summed E-state index contributed by atoms with van der Waals surface area (Å²) >= 11 is 1.60. The molecule has 0 bridgehead atoms. The van der Waals surface area contributed by atoms with E-state index in [1.54, 1.807) is 42.1 Å². The maximum absolute atomic E-state index is 12.8. The van der Waals surface area contributed by atoms with Crippen LogP contribution in [0.4, 0.5) is 14.9 Å². The molecule has 0 aliphatic carbocycles. The van der Waals surface area contributed by atoms with Crippen molar-refractivity contribution >= 4 is 29.4 Å². The molecule has 0 heterocycles. The van der Waals surface area contributed by atoms with Gasteiger partial charge in [0.25, 0.3) is 0 Å². The van der Waals surface area contributed by atoms with Gasteiger partial charge >= 0.3 is 6.03 Å². The topological polar surface area (TPSA) is 84.2 Å². The van der Waals surface area contributed by atoms with E-state index in [1.165, 1.54) is 12.1 Å². The third-order valence-corrected chi connectivity index (χ3v) is 4.56. The van der Waals surface area contributed by atoms with E-state index < -0.39 is 5.91 Å². The first-order valence-electron chi connectivity index (χ1n) is 7.79. The Kier molecular flexibility index (Phi) is 6.82. The Morgan fingerprint density at radius 3 is 2.56 bits per heavy atom. The van der Waals surface area contributed by atoms with Gasteiger partial charge in [-0.2, -0.15) is 0 Å². The normalized spacial score (nSPS) is 10.3. The second-order valence-corrected chi connectivity index (χ2v) is 6.60. The Bertz CT molecular complexity index is 750. The first-order valence-corrected chi connectivity index (χ1v) is 8.78. The van der Waals surface area contributed by atoms with Crippen LogP contribution in [0.25, 0.3) is 0 Å². The van der Waals surface area contributed by atoms with Crippen LogP contribution in [0.15, 0.2) is 47.4 Å². The summed E-state index contributed by atoms with van der Waals surface area (Å²) in [6, 6.07) is 10.9. The van der Waals surface area contributed by atoms with Crippen LogP contribution >= 0.6 is 11.8 Å². The summed E-state index contributed by atoms with van der Waals surface area (Å²) in [6.45, 7) is 2.34. The molecule has 0 aliphatic rings. The zero-order chi connectivity index (χ0) is 18.2. The summed E-state index contributed by atoms with van der Waals surface area (Å²) in [5.74, 6) is 0.0157. The van der Waals surface area contributed by atoms with Crippen LogP contribution in [0.1, 0.15) is 22.3 Å². The summed E-state index contributed by atoms with van der Waals surface area (Å²) in [5, 5.41) is 5.48. The van der Waals surface area contributed by atoms with Crippen molar-refractivity contribution in [3.63, 3.8) is 0 Å². The number of benzene rings is 2. The van der Waals surface area contributed by atoms with Gasteiger partial charge in [-0.1, -0.05) is 6.07 Å². The molecule has 0 atom stereocenters. The Labute approximate surface area is 150 Å². The van der Waals surface area contributed by atoms with Gasteiger partial charge in [0.05, 0.1) is 0 Å². The Hall–Kier alpha value is -2.54. The number of carbonyl (C=O) groups excluding carboxylic acids is 2. The van der Waals surface area contributed by atoms with Gasteiger partial charge in [0.2, 0.25) is 5.91 Å². The van der Waals surface area contributed by atoms with Crippen LogP contribution in [0.5, 0.6) is 0 Å². The number of aryl methyl sites for hydroxylation is 1. The SMILES string of the molecule is Cc1ccc(C(N)=O)cc1NC(=O)NCCCSc1ccc(F)cc1. The molecule has 0 spiro atoms. The molecule has 0 radical (unpaired) electrons. The van der Waals surface area contributed by atoms with Crippen LogP contribution in [0, 0.1) is 12.7 Å². The van der Waals surface area contributed by atoms with Crippen LogP contribution in [0.2, 0.25) is 0 Å². The minimum absolute atomic E-state index is 0.251. The predicted octanol–water partition coefficient (Wildman–Crippen LogP) is 3.54. The van der Waals surface area contributed by atoms with E-state index in [0.717, 1.165) is 22.6 Å². The number of rotatable bonds is 7. The molecule has 4 N–H and O–H groups in total. The number of anilines is 1. The molecule has 132 valence electrons. The number of hydrogen-bond donors (Lipinski definition) is 3. The summed E-state index contributed by atoms with van der Waals surface area (Å²) < 4.78 is 12.8. The average Bonchev–Trinajstić information content (AvgIpc) is 2.58. The molecule has 25 heavy (non-hydrogen) atoms. The van der Waals surface area contributed by atoms with E-state index in [2.05, 4.69) is 10.6 Å². The number of urea groups is 1. The van der Waals surface area contributed by atoms with Gasteiger partial charge in [0.15, 0.2) is 0 Å². The number of nitrogens with two attached hydrogens (primary N) is 1. The monoisotopic (exact) mass is 361 g/mol. The number of amides is 3. The van der Waals surface area contributed by atoms with E-state index in [0.29, 0.717) is 17.8 Å². The molecule has 3 amide bonds. The van der Waals surface area contributed by atoms with Gasteiger partial charge in [0.1, 0.15) is 5.82 Å². The molecular weight excluding hydrogens is 341 g/mol. The fourth-order valence-electron chi connectivity index (χ4n) is 2.07. The fourth-order valence-corrected chi connectivity index (χ4v) is 2.92. The van der Waals surface area contributed by atoms with Crippen LogP contribution in [-0.4, -0.2) is 24.2 Å². The Morgan fingerprint density at radius 2 is 1.88 bits per heavy atom. The Balaban J connectivity index is 1.73. The second kappa shape index (κ2) is 9.08. The molecule has 0 saturated carbocycles. The first kappa shape index (κ1) is 18.8. The standard InChI is InChI=1S/C18H20FN3O2S/c1-12-3-4-13(17(20)23)11-16(12)22-18(24)21-9-2-10-25-15-7-5-14(19)6-8-15/h3-8,11H,2,9-10H2,1H3,(H2,20,23)(H2,21,22,24). The highest BCUT2D eigenvalue weighted by Gasteiger charge is 2.07. The quantitative estimate of drug-likeness (QED) is 0.521. The molecule has 0 unspecified atom stereocenters. The van der Waals surface area contributed by atoms with Gasteiger partial charge in [0, 0.05) is 22.7 Å². The predicted molar refractivity (Wildman–Crippen MR) is 98.5 cm³/mol. The number of halogens is 1. The highest BCUT2D eigenvalue weighted by atomic mass is 32.2. The zero-order valence-electron chi connectivity index (χ0n) is 13.8. The minimum atomic E-state index is -0.540.